The minimum absolute atomic E-state index is 0.104. The van der Waals surface area contributed by atoms with Crippen molar-refractivity contribution >= 4 is 34.5 Å². The van der Waals surface area contributed by atoms with Crippen LogP contribution in [0, 0.1) is 5.92 Å². The topological polar surface area (TPSA) is 86.9 Å². The van der Waals surface area contributed by atoms with Gasteiger partial charge in [0.05, 0.1) is 34.7 Å². The number of fused-ring (bicyclic) bond motifs is 1. The van der Waals surface area contributed by atoms with E-state index in [0.717, 1.165) is 27.5 Å². The fourth-order valence-electron chi connectivity index (χ4n) is 3.00. The Morgan fingerprint density at radius 1 is 1.32 bits per heavy atom. The van der Waals surface area contributed by atoms with Crippen LogP contribution in [0.15, 0.2) is 48.2 Å². The Bertz CT molecular complexity index is 917. The van der Waals surface area contributed by atoms with E-state index in [9.17, 15) is 9.59 Å². The van der Waals surface area contributed by atoms with Gasteiger partial charge in [0.15, 0.2) is 0 Å². The summed E-state index contributed by atoms with van der Waals surface area (Å²) < 4.78 is 0. The van der Waals surface area contributed by atoms with Crippen LogP contribution in [0.5, 0.6) is 0 Å². The highest BCUT2D eigenvalue weighted by Crippen LogP contribution is 2.33. The number of benzene rings is 1. The number of aromatic nitrogens is 2. The van der Waals surface area contributed by atoms with Crippen molar-refractivity contribution < 1.29 is 9.59 Å². The molecule has 6 nitrogen and oxygen atoms in total. The maximum Gasteiger partial charge on any atom is 0.228 e. The first-order chi connectivity index (χ1) is 12.2. The number of nitrogens with one attached hydrogen (secondary N) is 3. The highest BCUT2D eigenvalue weighted by molar-refractivity contribution is 7.14. The van der Waals surface area contributed by atoms with Gasteiger partial charge in [0.25, 0.3) is 0 Å². The Labute approximate surface area is 148 Å². The number of nitrogens with zero attached hydrogens (tertiary/aromatic N) is 1. The van der Waals surface area contributed by atoms with Crippen LogP contribution in [0.1, 0.15) is 12.0 Å². The van der Waals surface area contributed by atoms with Crippen LogP contribution in [0.25, 0.3) is 10.6 Å². The maximum absolute atomic E-state index is 12.4. The van der Waals surface area contributed by atoms with E-state index in [4.69, 9.17) is 0 Å². The van der Waals surface area contributed by atoms with Gasteiger partial charge in [-0.3, -0.25) is 9.59 Å². The smallest absolute Gasteiger partial charge is 0.228 e. The standard InChI is InChI=1S/C18H16N4O2S/c23-16(21-14-5-6-25-17(14)15-9-19-10-20-15)8-12-7-11-3-1-2-4-13(11)22-18(12)24/h1-6,9-10,12H,7-8H2,(H,19,20)(H,21,23)(H,22,24). The average Bonchev–Trinajstić information content (AvgIpc) is 3.26. The van der Waals surface area contributed by atoms with Crippen LogP contribution in [0.2, 0.25) is 0 Å². The van der Waals surface area contributed by atoms with Crippen molar-refractivity contribution in [2.24, 2.45) is 5.92 Å². The molecule has 25 heavy (non-hydrogen) atoms. The van der Waals surface area contributed by atoms with Crippen LogP contribution < -0.4 is 10.6 Å². The van der Waals surface area contributed by atoms with Crippen LogP contribution in [-0.4, -0.2) is 21.8 Å². The minimum Gasteiger partial charge on any atom is -0.344 e. The zero-order valence-electron chi connectivity index (χ0n) is 13.3. The summed E-state index contributed by atoms with van der Waals surface area (Å²) in [6.45, 7) is 0. The third kappa shape index (κ3) is 3.18. The number of para-hydroxylation sites is 1. The second kappa shape index (κ2) is 6.52. The average molecular weight is 352 g/mol. The van der Waals surface area contributed by atoms with E-state index < -0.39 is 0 Å². The predicted octanol–water partition coefficient (Wildman–Crippen LogP) is 3.28. The molecule has 0 bridgehead atoms. The van der Waals surface area contributed by atoms with Gasteiger partial charge in [-0.25, -0.2) is 4.98 Å². The molecule has 0 spiro atoms. The highest BCUT2D eigenvalue weighted by Gasteiger charge is 2.28. The predicted molar refractivity (Wildman–Crippen MR) is 97.4 cm³/mol. The van der Waals surface area contributed by atoms with E-state index in [1.807, 2.05) is 35.7 Å². The normalized spacial score (nSPS) is 16.2. The van der Waals surface area contributed by atoms with Gasteiger partial charge in [-0.1, -0.05) is 18.2 Å². The lowest BCUT2D eigenvalue weighted by Crippen LogP contribution is -2.32. The molecule has 3 aromatic rings. The van der Waals surface area contributed by atoms with E-state index in [1.54, 1.807) is 12.5 Å². The first-order valence-electron chi connectivity index (χ1n) is 7.95. The number of rotatable bonds is 4. The lowest BCUT2D eigenvalue weighted by molar-refractivity contribution is -0.125. The Morgan fingerprint density at radius 3 is 3.04 bits per heavy atom. The lowest BCUT2D eigenvalue weighted by Gasteiger charge is -2.24. The van der Waals surface area contributed by atoms with E-state index in [0.29, 0.717) is 6.42 Å². The molecule has 126 valence electrons. The maximum atomic E-state index is 12.4. The number of amides is 2. The molecule has 0 radical (unpaired) electrons. The van der Waals surface area contributed by atoms with E-state index in [2.05, 4.69) is 20.6 Å². The van der Waals surface area contributed by atoms with Crippen LogP contribution in [0.3, 0.4) is 0 Å². The van der Waals surface area contributed by atoms with Gasteiger partial charge in [0, 0.05) is 12.1 Å². The molecule has 2 amide bonds. The SMILES string of the molecule is O=C(CC1Cc2ccccc2NC1=O)Nc1ccsc1-c1cnc[nH]1. The molecule has 0 fully saturated rings. The van der Waals surface area contributed by atoms with Gasteiger partial charge >= 0.3 is 0 Å². The second-order valence-electron chi connectivity index (χ2n) is 5.93. The molecule has 0 saturated heterocycles. The molecular formula is C18H16N4O2S. The molecule has 0 saturated carbocycles. The molecule has 1 aliphatic rings. The van der Waals surface area contributed by atoms with Gasteiger partial charge in [-0.05, 0) is 29.5 Å². The summed E-state index contributed by atoms with van der Waals surface area (Å²) in [6.07, 6.45) is 4.04. The number of hydrogen-bond donors (Lipinski definition) is 3. The third-order valence-electron chi connectivity index (χ3n) is 4.23. The molecular weight excluding hydrogens is 336 g/mol. The molecule has 2 aromatic heterocycles. The lowest BCUT2D eigenvalue weighted by atomic mass is 9.90. The summed E-state index contributed by atoms with van der Waals surface area (Å²) in [7, 11) is 0. The van der Waals surface area contributed by atoms with Crippen molar-refractivity contribution in [3.8, 4) is 10.6 Å². The Hall–Kier alpha value is -2.93. The Balaban J connectivity index is 1.45. The van der Waals surface area contributed by atoms with Crippen LogP contribution >= 0.6 is 11.3 Å². The number of hydrogen-bond acceptors (Lipinski definition) is 4. The highest BCUT2D eigenvalue weighted by atomic mass is 32.1. The Morgan fingerprint density at radius 2 is 2.20 bits per heavy atom. The molecule has 3 N–H and O–H groups in total. The molecule has 0 aliphatic carbocycles. The molecule has 7 heteroatoms. The van der Waals surface area contributed by atoms with Crippen molar-refractivity contribution in [3.05, 3.63) is 53.8 Å². The van der Waals surface area contributed by atoms with Crippen molar-refractivity contribution in [1.82, 2.24) is 9.97 Å². The number of imidazole rings is 1. The molecule has 1 aliphatic heterocycles. The fraction of sp³-hybridized carbons (Fsp3) is 0.167. The van der Waals surface area contributed by atoms with E-state index in [1.165, 1.54) is 11.3 Å². The number of carbonyl (C=O) groups excluding carboxylic acids is 2. The van der Waals surface area contributed by atoms with Gasteiger partial charge in [0.2, 0.25) is 11.8 Å². The summed E-state index contributed by atoms with van der Waals surface area (Å²) in [5, 5.41) is 7.70. The quantitative estimate of drug-likeness (QED) is 0.673. The van der Waals surface area contributed by atoms with Crippen molar-refractivity contribution in [3.63, 3.8) is 0 Å². The first kappa shape index (κ1) is 15.6. The van der Waals surface area contributed by atoms with Gasteiger partial charge < -0.3 is 15.6 Å². The van der Waals surface area contributed by atoms with Crippen LogP contribution in [0.4, 0.5) is 11.4 Å². The zero-order valence-corrected chi connectivity index (χ0v) is 14.1. The van der Waals surface area contributed by atoms with Gasteiger partial charge in [-0.15, -0.1) is 11.3 Å². The van der Waals surface area contributed by atoms with E-state index >= 15 is 0 Å². The van der Waals surface area contributed by atoms with Crippen molar-refractivity contribution in [2.75, 3.05) is 10.6 Å². The zero-order chi connectivity index (χ0) is 17.2. The van der Waals surface area contributed by atoms with Gasteiger partial charge in [-0.2, -0.15) is 0 Å². The third-order valence-corrected chi connectivity index (χ3v) is 5.17. The largest absolute Gasteiger partial charge is 0.344 e. The monoisotopic (exact) mass is 352 g/mol. The number of aromatic amines is 1. The Kier molecular flexibility index (Phi) is 4.07. The summed E-state index contributed by atoms with van der Waals surface area (Å²) >= 11 is 1.52. The molecule has 4 rings (SSSR count). The fourth-order valence-corrected chi connectivity index (χ4v) is 3.82. The molecule has 1 atom stereocenters. The summed E-state index contributed by atoms with van der Waals surface area (Å²) in [4.78, 5) is 32.7. The van der Waals surface area contributed by atoms with Crippen molar-refractivity contribution in [2.45, 2.75) is 12.8 Å². The molecule has 3 heterocycles. The number of carbonyl (C=O) groups is 2. The second-order valence-corrected chi connectivity index (χ2v) is 6.84. The number of anilines is 2. The first-order valence-corrected chi connectivity index (χ1v) is 8.83. The molecule has 1 aromatic carbocycles. The molecule has 1 unspecified atom stereocenters. The van der Waals surface area contributed by atoms with Crippen molar-refractivity contribution in [1.29, 1.82) is 0 Å². The minimum atomic E-state index is -0.357. The van der Waals surface area contributed by atoms with Gasteiger partial charge in [0.1, 0.15) is 0 Å². The summed E-state index contributed by atoms with van der Waals surface area (Å²) in [6, 6.07) is 9.55. The van der Waals surface area contributed by atoms with E-state index in [-0.39, 0.29) is 24.2 Å². The number of thiophene rings is 1. The summed E-state index contributed by atoms with van der Waals surface area (Å²) in [5.74, 6) is -0.629. The van der Waals surface area contributed by atoms with Crippen LogP contribution in [-0.2, 0) is 16.0 Å². The summed E-state index contributed by atoms with van der Waals surface area (Å²) in [5.41, 5.74) is 3.49. The number of H-pyrrole nitrogens is 1.